The SMILES string of the molecule is CC(=CC=C[C@@H](C)CCC=C(C)CC(=O)C(C)(C)C)CCCc1ccoc1. The summed E-state index contributed by atoms with van der Waals surface area (Å²) in [6.45, 7) is 12.5. The maximum absolute atomic E-state index is 12.1. The first-order chi connectivity index (χ1) is 12.7. The molecule has 1 heterocycles. The molecule has 1 aromatic heterocycles. The zero-order valence-corrected chi connectivity index (χ0v) is 18.2. The highest BCUT2D eigenvalue weighted by Gasteiger charge is 2.20. The number of hydrogen-bond acceptors (Lipinski definition) is 2. The second-order valence-corrected chi connectivity index (χ2v) is 8.84. The van der Waals surface area contributed by atoms with Crippen molar-refractivity contribution in [3.05, 3.63) is 59.6 Å². The fourth-order valence-electron chi connectivity index (χ4n) is 2.78. The van der Waals surface area contributed by atoms with Crippen LogP contribution in [0.2, 0.25) is 0 Å². The van der Waals surface area contributed by atoms with E-state index >= 15 is 0 Å². The van der Waals surface area contributed by atoms with Gasteiger partial charge in [-0.05, 0) is 63.5 Å². The number of rotatable bonds is 11. The first-order valence-electron chi connectivity index (χ1n) is 10.2. The predicted molar refractivity (Wildman–Crippen MR) is 116 cm³/mol. The van der Waals surface area contributed by atoms with Crippen molar-refractivity contribution < 1.29 is 9.21 Å². The third kappa shape index (κ3) is 10.8. The van der Waals surface area contributed by atoms with Crippen molar-refractivity contribution in [1.82, 2.24) is 0 Å². The van der Waals surface area contributed by atoms with Crippen molar-refractivity contribution in [1.29, 1.82) is 0 Å². The summed E-state index contributed by atoms with van der Waals surface area (Å²) in [4.78, 5) is 12.1. The fourth-order valence-corrected chi connectivity index (χ4v) is 2.78. The molecular weight excluding hydrogens is 332 g/mol. The maximum atomic E-state index is 12.1. The Bertz CT molecular complexity index is 636. The number of allylic oxidation sites excluding steroid dienone is 6. The van der Waals surface area contributed by atoms with Crippen LogP contribution in [-0.4, -0.2) is 5.78 Å². The number of Topliss-reactive ketones (excluding diaryl/α,β-unsaturated/α-hetero) is 1. The molecule has 0 unspecified atom stereocenters. The van der Waals surface area contributed by atoms with Gasteiger partial charge in [-0.25, -0.2) is 0 Å². The fraction of sp³-hybridized carbons (Fsp3) is 0.560. The summed E-state index contributed by atoms with van der Waals surface area (Å²) >= 11 is 0. The average molecular weight is 371 g/mol. The predicted octanol–water partition coefficient (Wildman–Crippen LogP) is 7.47. The summed E-state index contributed by atoms with van der Waals surface area (Å²) in [7, 11) is 0. The Kier molecular flexibility index (Phi) is 10.1. The van der Waals surface area contributed by atoms with Gasteiger partial charge in [-0.15, -0.1) is 0 Å². The molecule has 0 N–H and O–H groups in total. The van der Waals surface area contributed by atoms with E-state index in [1.807, 2.05) is 33.1 Å². The van der Waals surface area contributed by atoms with Crippen LogP contribution in [0.5, 0.6) is 0 Å². The Labute approximate surface area is 166 Å². The van der Waals surface area contributed by atoms with Gasteiger partial charge >= 0.3 is 0 Å². The summed E-state index contributed by atoms with van der Waals surface area (Å²) in [5.74, 6) is 0.861. The van der Waals surface area contributed by atoms with Gasteiger partial charge in [0.25, 0.3) is 0 Å². The molecule has 1 aromatic rings. The van der Waals surface area contributed by atoms with Crippen LogP contribution < -0.4 is 0 Å². The second kappa shape index (κ2) is 11.8. The van der Waals surface area contributed by atoms with E-state index in [9.17, 15) is 4.79 Å². The van der Waals surface area contributed by atoms with E-state index in [1.165, 1.54) is 16.7 Å². The van der Waals surface area contributed by atoms with Crippen molar-refractivity contribution in [2.24, 2.45) is 11.3 Å². The van der Waals surface area contributed by atoms with Gasteiger partial charge in [-0.1, -0.05) is 63.1 Å². The number of hydrogen-bond donors (Lipinski definition) is 0. The standard InChI is InChI=1S/C25H38O2/c1-20(12-8-14-22(3)18-24(26)25(4,5)6)10-7-11-21(2)13-9-15-23-16-17-27-19-23/h7,10-11,14,16-17,19-20H,8-9,12-13,15,18H2,1-6H3/t20-/m1/s1. The first kappa shape index (κ1) is 23.2. The van der Waals surface area contributed by atoms with E-state index in [4.69, 9.17) is 4.42 Å². The van der Waals surface area contributed by atoms with Crippen molar-refractivity contribution in [3.8, 4) is 0 Å². The van der Waals surface area contributed by atoms with Gasteiger partial charge in [-0.2, -0.15) is 0 Å². The van der Waals surface area contributed by atoms with Gasteiger partial charge in [0.2, 0.25) is 0 Å². The normalized spacial score (nSPS) is 14.7. The lowest BCUT2D eigenvalue weighted by Gasteiger charge is -2.16. The van der Waals surface area contributed by atoms with Gasteiger partial charge in [0, 0.05) is 11.8 Å². The Morgan fingerprint density at radius 3 is 2.59 bits per heavy atom. The van der Waals surface area contributed by atoms with Crippen molar-refractivity contribution in [2.45, 2.75) is 80.1 Å². The topological polar surface area (TPSA) is 30.2 Å². The molecule has 150 valence electrons. The third-order valence-corrected chi connectivity index (χ3v) is 4.83. The zero-order valence-electron chi connectivity index (χ0n) is 18.2. The molecule has 0 aliphatic rings. The molecule has 0 bridgehead atoms. The van der Waals surface area contributed by atoms with Crippen molar-refractivity contribution >= 4 is 5.78 Å². The van der Waals surface area contributed by atoms with Crippen molar-refractivity contribution in [3.63, 3.8) is 0 Å². The monoisotopic (exact) mass is 370 g/mol. The highest BCUT2D eigenvalue weighted by molar-refractivity contribution is 5.85. The van der Waals surface area contributed by atoms with Crippen LogP contribution in [0.3, 0.4) is 0 Å². The smallest absolute Gasteiger partial charge is 0.142 e. The van der Waals surface area contributed by atoms with E-state index < -0.39 is 0 Å². The number of aryl methyl sites for hydroxylation is 1. The van der Waals surface area contributed by atoms with Crippen LogP contribution in [0, 0.1) is 11.3 Å². The summed E-state index contributed by atoms with van der Waals surface area (Å²) in [5.41, 5.74) is 3.64. The lowest BCUT2D eigenvalue weighted by atomic mass is 9.87. The molecule has 1 rings (SSSR count). The lowest BCUT2D eigenvalue weighted by molar-refractivity contribution is -0.125. The Hall–Kier alpha value is -1.83. The van der Waals surface area contributed by atoms with E-state index in [2.05, 4.69) is 45.1 Å². The molecule has 2 heteroatoms. The van der Waals surface area contributed by atoms with Gasteiger partial charge in [-0.3, -0.25) is 4.79 Å². The largest absolute Gasteiger partial charge is 0.472 e. The minimum absolute atomic E-state index is 0.242. The van der Waals surface area contributed by atoms with Crippen LogP contribution >= 0.6 is 0 Å². The van der Waals surface area contributed by atoms with E-state index in [0.29, 0.717) is 18.1 Å². The highest BCUT2D eigenvalue weighted by atomic mass is 16.3. The summed E-state index contributed by atoms with van der Waals surface area (Å²) in [6.07, 6.45) is 18.6. The summed E-state index contributed by atoms with van der Waals surface area (Å²) in [6, 6.07) is 2.04. The Morgan fingerprint density at radius 1 is 1.22 bits per heavy atom. The minimum Gasteiger partial charge on any atom is -0.472 e. The second-order valence-electron chi connectivity index (χ2n) is 8.84. The molecule has 0 saturated carbocycles. The number of carbonyl (C=O) groups excluding carboxylic acids is 1. The van der Waals surface area contributed by atoms with Crippen LogP contribution in [0.4, 0.5) is 0 Å². The van der Waals surface area contributed by atoms with Crippen molar-refractivity contribution in [2.75, 3.05) is 0 Å². The number of furan rings is 1. The first-order valence-corrected chi connectivity index (χ1v) is 10.2. The van der Waals surface area contributed by atoms with Crippen LogP contribution in [-0.2, 0) is 11.2 Å². The minimum atomic E-state index is -0.242. The summed E-state index contributed by atoms with van der Waals surface area (Å²) < 4.78 is 5.10. The molecule has 1 atom stereocenters. The Balaban J connectivity index is 2.26. The van der Waals surface area contributed by atoms with Gasteiger partial charge in [0.1, 0.15) is 5.78 Å². The zero-order chi connectivity index (χ0) is 20.3. The molecule has 0 aliphatic carbocycles. The average Bonchev–Trinajstić information content (AvgIpc) is 3.07. The lowest BCUT2D eigenvalue weighted by Crippen LogP contribution is -2.19. The van der Waals surface area contributed by atoms with Crippen LogP contribution in [0.15, 0.2) is 58.5 Å². The molecule has 0 aromatic carbocycles. The van der Waals surface area contributed by atoms with E-state index in [0.717, 1.165) is 32.1 Å². The quantitative estimate of drug-likeness (QED) is 0.299. The Morgan fingerprint density at radius 2 is 1.96 bits per heavy atom. The molecule has 0 spiro atoms. The van der Waals surface area contributed by atoms with E-state index in [1.54, 1.807) is 6.26 Å². The van der Waals surface area contributed by atoms with Crippen LogP contribution in [0.25, 0.3) is 0 Å². The van der Waals surface area contributed by atoms with Gasteiger partial charge < -0.3 is 4.42 Å². The summed E-state index contributed by atoms with van der Waals surface area (Å²) in [5, 5.41) is 0. The van der Waals surface area contributed by atoms with Gasteiger partial charge in [0.05, 0.1) is 12.5 Å². The maximum Gasteiger partial charge on any atom is 0.142 e. The number of ketones is 1. The molecule has 0 amide bonds. The molecular formula is C25H38O2. The highest BCUT2D eigenvalue weighted by Crippen LogP contribution is 2.20. The number of carbonyl (C=O) groups is 1. The van der Waals surface area contributed by atoms with E-state index in [-0.39, 0.29) is 5.41 Å². The molecule has 27 heavy (non-hydrogen) atoms. The molecule has 0 radical (unpaired) electrons. The van der Waals surface area contributed by atoms with Gasteiger partial charge in [0.15, 0.2) is 0 Å². The molecule has 2 nitrogen and oxygen atoms in total. The molecule has 0 aliphatic heterocycles. The third-order valence-electron chi connectivity index (χ3n) is 4.83. The molecule has 0 fully saturated rings. The van der Waals surface area contributed by atoms with Crippen LogP contribution in [0.1, 0.15) is 79.2 Å². The molecule has 0 saturated heterocycles.